The summed E-state index contributed by atoms with van der Waals surface area (Å²) in [6, 6.07) is 0.588. The summed E-state index contributed by atoms with van der Waals surface area (Å²) in [6.45, 7) is 7.84. The molecule has 0 aliphatic heterocycles. The fourth-order valence-corrected chi connectivity index (χ4v) is 1.35. The van der Waals surface area contributed by atoms with Crippen molar-refractivity contribution in [3.05, 3.63) is 12.7 Å². The summed E-state index contributed by atoms with van der Waals surface area (Å²) in [4.78, 5) is 0. The first-order valence-corrected chi connectivity index (χ1v) is 4.58. The lowest BCUT2D eigenvalue weighted by atomic mass is 10.2. The third-order valence-electron chi connectivity index (χ3n) is 1.94. The Kier molecular flexibility index (Phi) is 6.86. The molecule has 13 heavy (non-hydrogen) atoms. The first-order chi connectivity index (χ1) is 6.15. The molecule has 3 nitrogen and oxygen atoms in total. The van der Waals surface area contributed by atoms with Crippen LogP contribution in [0.4, 0.5) is 0 Å². The Labute approximate surface area is 81.1 Å². The fraction of sp³-hybridized carbons (Fsp3) is 0.800. The summed E-state index contributed by atoms with van der Waals surface area (Å²) in [5.41, 5.74) is 0. The molecule has 78 valence electrons. The van der Waals surface area contributed by atoms with Gasteiger partial charge in [0.2, 0.25) is 0 Å². The minimum atomic E-state index is -0.188. The molecule has 3 heteroatoms. The summed E-state index contributed by atoms with van der Waals surface area (Å²) in [7, 11) is 3.29. The van der Waals surface area contributed by atoms with Crippen molar-refractivity contribution in [3.63, 3.8) is 0 Å². The second-order valence-electron chi connectivity index (χ2n) is 3.22. The second-order valence-corrected chi connectivity index (χ2v) is 3.22. The van der Waals surface area contributed by atoms with Crippen LogP contribution in [0.3, 0.4) is 0 Å². The van der Waals surface area contributed by atoms with Gasteiger partial charge in [0.15, 0.2) is 6.29 Å². The van der Waals surface area contributed by atoms with Gasteiger partial charge in [-0.2, -0.15) is 0 Å². The lowest BCUT2D eigenvalue weighted by Crippen LogP contribution is -2.43. The predicted molar refractivity (Wildman–Crippen MR) is 54.7 cm³/mol. The van der Waals surface area contributed by atoms with E-state index in [-0.39, 0.29) is 12.3 Å². The molecule has 0 fully saturated rings. The minimum absolute atomic E-state index is 0.185. The van der Waals surface area contributed by atoms with Gasteiger partial charge >= 0.3 is 0 Å². The monoisotopic (exact) mass is 187 g/mol. The van der Waals surface area contributed by atoms with E-state index in [2.05, 4.69) is 18.8 Å². The van der Waals surface area contributed by atoms with Gasteiger partial charge < -0.3 is 14.8 Å². The van der Waals surface area contributed by atoms with Crippen molar-refractivity contribution >= 4 is 0 Å². The summed E-state index contributed by atoms with van der Waals surface area (Å²) in [5.74, 6) is 0. The maximum atomic E-state index is 5.13. The van der Waals surface area contributed by atoms with Gasteiger partial charge in [-0.1, -0.05) is 6.08 Å². The number of methoxy groups -OCH3 is 2. The molecule has 0 radical (unpaired) electrons. The van der Waals surface area contributed by atoms with E-state index in [1.165, 1.54) is 0 Å². The highest BCUT2D eigenvalue weighted by molar-refractivity contribution is 4.77. The van der Waals surface area contributed by atoms with Gasteiger partial charge in [-0.15, -0.1) is 6.58 Å². The van der Waals surface area contributed by atoms with Gasteiger partial charge in [0.25, 0.3) is 0 Å². The highest BCUT2D eigenvalue weighted by atomic mass is 16.7. The van der Waals surface area contributed by atoms with Gasteiger partial charge in [0.05, 0.1) is 6.04 Å². The van der Waals surface area contributed by atoms with Gasteiger partial charge in [-0.05, 0) is 20.3 Å². The van der Waals surface area contributed by atoms with E-state index in [9.17, 15) is 0 Å². The SMILES string of the molecule is C=CCC(C)NC(C)C(OC)OC. The van der Waals surface area contributed by atoms with Crippen LogP contribution in [0.5, 0.6) is 0 Å². The molecule has 0 aromatic carbocycles. The van der Waals surface area contributed by atoms with Crippen molar-refractivity contribution in [1.29, 1.82) is 0 Å². The molecule has 1 N–H and O–H groups in total. The summed E-state index contributed by atoms with van der Waals surface area (Å²) < 4.78 is 10.3. The normalized spacial score (nSPS) is 15.8. The van der Waals surface area contributed by atoms with Crippen LogP contribution in [0.15, 0.2) is 12.7 Å². The van der Waals surface area contributed by atoms with Crippen LogP contribution < -0.4 is 5.32 Å². The van der Waals surface area contributed by atoms with E-state index in [1.54, 1.807) is 14.2 Å². The standard InChI is InChI=1S/C10H21NO2/c1-6-7-8(2)11-9(3)10(12-4)13-5/h6,8-11H,1,7H2,2-5H3. The fourth-order valence-electron chi connectivity index (χ4n) is 1.35. The number of hydrogen-bond donors (Lipinski definition) is 1. The molecule has 0 amide bonds. The van der Waals surface area contributed by atoms with Crippen LogP contribution in [0.2, 0.25) is 0 Å². The molecule has 0 aromatic rings. The Morgan fingerprint density at radius 1 is 1.31 bits per heavy atom. The second kappa shape index (κ2) is 7.06. The van der Waals surface area contributed by atoms with Crippen LogP contribution in [0, 0.1) is 0 Å². The van der Waals surface area contributed by atoms with Crippen molar-refractivity contribution in [2.45, 2.75) is 38.6 Å². The van der Waals surface area contributed by atoms with Crippen LogP contribution >= 0.6 is 0 Å². The Bertz CT molecular complexity index is 135. The van der Waals surface area contributed by atoms with E-state index in [0.29, 0.717) is 6.04 Å². The molecule has 2 unspecified atom stereocenters. The van der Waals surface area contributed by atoms with E-state index in [1.807, 2.05) is 13.0 Å². The molecular weight excluding hydrogens is 166 g/mol. The summed E-state index contributed by atoms with van der Waals surface area (Å²) in [5, 5.41) is 3.36. The lowest BCUT2D eigenvalue weighted by Gasteiger charge is -2.25. The van der Waals surface area contributed by atoms with Crippen molar-refractivity contribution in [2.24, 2.45) is 0 Å². The summed E-state index contributed by atoms with van der Waals surface area (Å²) in [6.07, 6.45) is 2.66. The maximum Gasteiger partial charge on any atom is 0.171 e. The Hall–Kier alpha value is -0.380. The van der Waals surface area contributed by atoms with Crippen molar-refractivity contribution in [3.8, 4) is 0 Å². The summed E-state index contributed by atoms with van der Waals surface area (Å²) >= 11 is 0. The zero-order valence-electron chi connectivity index (χ0n) is 9.04. The number of hydrogen-bond acceptors (Lipinski definition) is 3. The molecule has 0 heterocycles. The zero-order valence-corrected chi connectivity index (χ0v) is 9.04. The van der Waals surface area contributed by atoms with Gasteiger partial charge in [-0.25, -0.2) is 0 Å². The molecule has 2 atom stereocenters. The molecule has 0 saturated carbocycles. The molecular formula is C10H21NO2. The first-order valence-electron chi connectivity index (χ1n) is 4.58. The minimum Gasteiger partial charge on any atom is -0.354 e. The van der Waals surface area contributed by atoms with E-state index >= 15 is 0 Å². The van der Waals surface area contributed by atoms with Gasteiger partial charge in [0, 0.05) is 20.3 Å². The van der Waals surface area contributed by atoms with E-state index in [0.717, 1.165) is 6.42 Å². The van der Waals surface area contributed by atoms with Crippen LogP contribution in [-0.4, -0.2) is 32.6 Å². The number of nitrogens with one attached hydrogen (secondary N) is 1. The van der Waals surface area contributed by atoms with Gasteiger partial charge in [-0.3, -0.25) is 0 Å². The van der Waals surface area contributed by atoms with Crippen molar-refractivity contribution < 1.29 is 9.47 Å². The highest BCUT2D eigenvalue weighted by Crippen LogP contribution is 2.01. The van der Waals surface area contributed by atoms with Crippen LogP contribution in [0.1, 0.15) is 20.3 Å². The molecule has 0 rings (SSSR count). The molecule has 0 aromatic heterocycles. The number of rotatable bonds is 7. The zero-order chi connectivity index (χ0) is 10.3. The van der Waals surface area contributed by atoms with Crippen LogP contribution in [-0.2, 0) is 9.47 Å². The smallest absolute Gasteiger partial charge is 0.171 e. The van der Waals surface area contributed by atoms with Gasteiger partial charge in [0.1, 0.15) is 0 Å². The number of ether oxygens (including phenoxy) is 2. The average molecular weight is 187 g/mol. The quantitative estimate of drug-likeness (QED) is 0.484. The Morgan fingerprint density at radius 2 is 1.85 bits per heavy atom. The maximum absolute atomic E-state index is 5.13. The predicted octanol–water partition coefficient (Wildman–Crippen LogP) is 1.55. The third kappa shape index (κ3) is 5.03. The molecule has 0 bridgehead atoms. The third-order valence-corrected chi connectivity index (χ3v) is 1.94. The molecule has 0 spiro atoms. The van der Waals surface area contributed by atoms with Crippen molar-refractivity contribution in [2.75, 3.05) is 14.2 Å². The van der Waals surface area contributed by atoms with E-state index in [4.69, 9.17) is 9.47 Å². The molecule has 0 saturated heterocycles. The Morgan fingerprint density at radius 3 is 2.23 bits per heavy atom. The van der Waals surface area contributed by atoms with Crippen LogP contribution in [0.25, 0.3) is 0 Å². The first kappa shape index (κ1) is 12.6. The highest BCUT2D eigenvalue weighted by Gasteiger charge is 2.16. The topological polar surface area (TPSA) is 30.5 Å². The Balaban J connectivity index is 3.81. The lowest BCUT2D eigenvalue weighted by molar-refractivity contribution is -0.120. The average Bonchev–Trinajstić information content (AvgIpc) is 2.06. The molecule has 0 aliphatic carbocycles. The van der Waals surface area contributed by atoms with Crippen molar-refractivity contribution in [1.82, 2.24) is 5.32 Å². The molecule has 0 aliphatic rings. The van der Waals surface area contributed by atoms with E-state index < -0.39 is 0 Å². The largest absolute Gasteiger partial charge is 0.354 e.